The maximum absolute atomic E-state index is 12.1. The molecule has 0 aliphatic heterocycles. The van der Waals surface area contributed by atoms with E-state index in [4.69, 9.17) is 4.74 Å². The Labute approximate surface area is 162 Å². The maximum atomic E-state index is 12.1. The molecule has 0 unspecified atom stereocenters. The molecule has 3 aromatic rings. The fraction of sp³-hybridized carbons (Fsp3) is 0.190. The van der Waals surface area contributed by atoms with E-state index in [0.29, 0.717) is 22.9 Å². The van der Waals surface area contributed by atoms with Gasteiger partial charge in [0.25, 0.3) is 0 Å². The molecule has 0 saturated heterocycles. The van der Waals surface area contributed by atoms with Gasteiger partial charge in [0.1, 0.15) is 16.8 Å². The number of benzene rings is 2. The van der Waals surface area contributed by atoms with Crippen LogP contribution in [0.2, 0.25) is 0 Å². The number of pyridine rings is 1. The smallest absolute Gasteiger partial charge is 0.230 e. The minimum Gasteiger partial charge on any atom is -0.497 e. The quantitative estimate of drug-likeness (QED) is 0.661. The van der Waals surface area contributed by atoms with E-state index in [9.17, 15) is 10.1 Å². The summed E-state index contributed by atoms with van der Waals surface area (Å²) in [6, 6.07) is 17.5. The Morgan fingerprint density at radius 1 is 1.22 bits per heavy atom. The third-order valence-corrected chi connectivity index (χ3v) is 5.05. The van der Waals surface area contributed by atoms with Crippen molar-refractivity contribution in [2.24, 2.45) is 0 Å². The van der Waals surface area contributed by atoms with E-state index in [-0.39, 0.29) is 11.7 Å². The van der Waals surface area contributed by atoms with E-state index < -0.39 is 0 Å². The predicted octanol–water partition coefficient (Wildman–Crippen LogP) is 3.83. The van der Waals surface area contributed by atoms with Crippen molar-refractivity contribution in [3.63, 3.8) is 0 Å². The van der Waals surface area contributed by atoms with Gasteiger partial charge >= 0.3 is 0 Å². The van der Waals surface area contributed by atoms with Gasteiger partial charge in [0.15, 0.2) is 0 Å². The Morgan fingerprint density at radius 2 is 2.00 bits per heavy atom. The van der Waals surface area contributed by atoms with E-state index in [2.05, 4.69) is 16.4 Å². The average Bonchev–Trinajstić information content (AvgIpc) is 2.70. The minimum atomic E-state index is -0.0962. The van der Waals surface area contributed by atoms with Gasteiger partial charge in [-0.3, -0.25) is 4.79 Å². The largest absolute Gasteiger partial charge is 0.497 e. The number of carbonyl (C=O) groups excluding carboxylic acids is 1. The number of aromatic nitrogens is 1. The molecular weight excluding hydrogens is 358 g/mol. The average molecular weight is 377 g/mol. The molecule has 136 valence electrons. The molecule has 0 aliphatic rings. The Balaban J connectivity index is 1.65. The third-order valence-electron chi connectivity index (χ3n) is 4.06. The van der Waals surface area contributed by atoms with Gasteiger partial charge in [-0.25, -0.2) is 4.98 Å². The maximum Gasteiger partial charge on any atom is 0.230 e. The number of methoxy groups -OCH3 is 1. The van der Waals surface area contributed by atoms with Crippen LogP contribution in [0.15, 0.2) is 53.6 Å². The number of nitrogens with one attached hydrogen (secondary N) is 1. The van der Waals surface area contributed by atoms with E-state index in [1.165, 1.54) is 17.3 Å². The van der Waals surface area contributed by atoms with Crippen molar-refractivity contribution in [2.75, 3.05) is 12.9 Å². The van der Waals surface area contributed by atoms with Gasteiger partial charge in [-0.1, -0.05) is 41.6 Å². The lowest BCUT2D eigenvalue weighted by Gasteiger charge is -2.08. The molecule has 3 rings (SSSR count). The van der Waals surface area contributed by atoms with Crippen LogP contribution in [-0.4, -0.2) is 23.8 Å². The van der Waals surface area contributed by atoms with Crippen LogP contribution in [-0.2, 0) is 11.3 Å². The Kier molecular flexibility index (Phi) is 5.94. The fourth-order valence-corrected chi connectivity index (χ4v) is 3.34. The molecule has 1 N–H and O–H groups in total. The second-order valence-electron chi connectivity index (χ2n) is 6.06. The van der Waals surface area contributed by atoms with Gasteiger partial charge in [0.05, 0.1) is 23.9 Å². The van der Waals surface area contributed by atoms with Crippen molar-refractivity contribution < 1.29 is 9.53 Å². The minimum absolute atomic E-state index is 0.0962. The number of nitrogens with zero attached hydrogens (tertiary/aromatic N) is 2. The van der Waals surface area contributed by atoms with Crippen molar-refractivity contribution in [3.05, 3.63) is 65.2 Å². The molecule has 0 aliphatic carbocycles. The van der Waals surface area contributed by atoms with Gasteiger partial charge in [0.2, 0.25) is 5.91 Å². The highest BCUT2D eigenvalue weighted by molar-refractivity contribution is 8.00. The Bertz CT molecular complexity index is 1010. The fourth-order valence-electron chi connectivity index (χ4n) is 2.55. The highest BCUT2D eigenvalue weighted by Gasteiger charge is 2.11. The number of fused-ring (bicyclic) bond motifs is 1. The summed E-state index contributed by atoms with van der Waals surface area (Å²) >= 11 is 1.27. The number of thioether (sulfide) groups is 1. The molecule has 5 nitrogen and oxygen atoms in total. The molecule has 0 fully saturated rings. The van der Waals surface area contributed by atoms with Crippen LogP contribution in [0, 0.1) is 18.3 Å². The van der Waals surface area contributed by atoms with Gasteiger partial charge < -0.3 is 10.1 Å². The summed E-state index contributed by atoms with van der Waals surface area (Å²) in [6.07, 6.45) is 0. The summed E-state index contributed by atoms with van der Waals surface area (Å²) in [7, 11) is 1.60. The molecule has 2 aromatic carbocycles. The standard InChI is InChI=1S/C21H19N3O2S/c1-14-3-5-15(6-4-14)12-23-20(25)13-27-21-17(11-22)9-16-10-18(26-2)7-8-19(16)24-21/h3-10H,12-13H2,1-2H3,(H,23,25). The number of nitriles is 1. The van der Waals surface area contributed by atoms with Crippen LogP contribution in [0.1, 0.15) is 16.7 Å². The van der Waals surface area contributed by atoms with E-state index in [1.54, 1.807) is 13.2 Å². The van der Waals surface area contributed by atoms with Crippen molar-refractivity contribution >= 4 is 28.6 Å². The summed E-state index contributed by atoms with van der Waals surface area (Å²) in [5, 5.41) is 13.7. The predicted molar refractivity (Wildman–Crippen MR) is 107 cm³/mol. The van der Waals surface area contributed by atoms with Crippen LogP contribution >= 0.6 is 11.8 Å². The molecule has 1 aromatic heterocycles. The number of amides is 1. The zero-order valence-electron chi connectivity index (χ0n) is 15.2. The highest BCUT2D eigenvalue weighted by Crippen LogP contribution is 2.26. The van der Waals surface area contributed by atoms with Crippen molar-refractivity contribution in [1.82, 2.24) is 10.3 Å². The number of ether oxygens (including phenoxy) is 1. The lowest BCUT2D eigenvalue weighted by atomic mass is 10.1. The molecular formula is C21H19N3O2S. The normalized spacial score (nSPS) is 10.4. The number of hydrogen-bond donors (Lipinski definition) is 1. The van der Waals surface area contributed by atoms with Gasteiger partial charge in [-0.05, 0) is 36.8 Å². The van der Waals surface area contributed by atoms with E-state index in [0.717, 1.165) is 16.5 Å². The molecule has 1 heterocycles. The first-order chi connectivity index (χ1) is 13.1. The molecule has 0 spiro atoms. The Morgan fingerprint density at radius 3 is 2.70 bits per heavy atom. The van der Waals surface area contributed by atoms with Crippen LogP contribution in [0.4, 0.5) is 0 Å². The zero-order valence-corrected chi connectivity index (χ0v) is 16.0. The summed E-state index contributed by atoms with van der Waals surface area (Å²) in [6.45, 7) is 2.51. The summed E-state index contributed by atoms with van der Waals surface area (Å²) in [4.78, 5) is 16.7. The second kappa shape index (κ2) is 8.56. The van der Waals surface area contributed by atoms with Crippen LogP contribution < -0.4 is 10.1 Å². The molecule has 27 heavy (non-hydrogen) atoms. The van der Waals surface area contributed by atoms with Gasteiger partial charge in [0, 0.05) is 11.9 Å². The lowest BCUT2D eigenvalue weighted by Crippen LogP contribution is -2.24. The monoisotopic (exact) mass is 377 g/mol. The van der Waals surface area contributed by atoms with Crippen molar-refractivity contribution in [1.29, 1.82) is 5.26 Å². The molecule has 0 radical (unpaired) electrons. The number of rotatable bonds is 6. The van der Waals surface area contributed by atoms with E-state index >= 15 is 0 Å². The molecule has 0 bridgehead atoms. The Hall–Kier alpha value is -3.04. The topological polar surface area (TPSA) is 75.0 Å². The second-order valence-corrected chi connectivity index (χ2v) is 7.03. The van der Waals surface area contributed by atoms with Gasteiger partial charge in [-0.15, -0.1) is 0 Å². The molecule has 1 amide bonds. The van der Waals surface area contributed by atoms with Crippen LogP contribution in [0.5, 0.6) is 5.75 Å². The lowest BCUT2D eigenvalue weighted by molar-refractivity contribution is -0.118. The first-order valence-electron chi connectivity index (χ1n) is 8.43. The third kappa shape index (κ3) is 4.78. The number of aryl methyl sites for hydroxylation is 1. The SMILES string of the molecule is COc1ccc2nc(SCC(=O)NCc3ccc(C)cc3)c(C#N)cc2c1. The summed E-state index contributed by atoms with van der Waals surface area (Å²) < 4.78 is 5.21. The molecule has 0 atom stereocenters. The number of carbonyl (C=O) groups is 1. The first kappa shape index (κ1) is 18.7. The van der Waals surface area contributed by atoms with E-state index in [1.807, 2.05) is 49.4 Å². The summed E-state index contributed by atoms with van der Waals surface area (Å²) in [5.74, 6) is 0.819. The van der Waals surface area contributed by atoms with Crippen molar-refractivity contribution in [3.8, 4) is 11.8 Å². The zero-order chi connectivity index (χ0) is 19.2. The number of hydrogen-bond acceptors (Lipinski definition) is 5. The molecule has 6 heteroatoms. The van der Waals surface area contributed by atoms with Gasteiger partial charge in [-0.2, -0.15) is 5.26 Å². The van der Waals surface area contributed by atoms with Crippen LogP contribution in [0.3, 0.4) is 0 Å². The van der Waals surface area contributed by atoms with Crippen LogP contribution in [0.25, 0.3) is 10.9 Å². The highest BCUT2D eigenvalue weighted by atomic mass is 32.2. The van der Waals surface area contributed by atoms with Crippen molar-refractivity contribution in [2.45, 2.75) is 18.5 Å². The first-order valence-corrected chi connectivity index (χ1v) is 9.41. The summed E-state index contributed by atoms with van der Waals surface area (Å²) in [5.41, 5.74) is 3.45. The molecule has 0 saturated carbocycles.